The van der Waals surface area contributed by atoms with Crippen LogP contribution in [0.4, 0.5) is 0 Å². The summed E-state index contributed by atoms with van der Waals surface area (Å²) in [5.41, 5.74) is 1.87. The standard InChI is InChI=1S/C11H13NO3S2/c1-4-16-11-7(10(14)15)12-8(13)6(5(2)3)9(12)17-11/h9H,4H2,1-3H3,(H,14,15)/t9-/m0/s1. The molecule has 2 aliphatic heterocycles. The van der Waals surface area contributed by atoms with Crippen molar-refractivity contribution in [3.63, 3.8) is 0 Å². The monoisotopic (exact) mass is 271 g/mol. The molecule has 2 heterocycles. The molecule has 1 saturated heterocycles. The first-order chi connectivity index (χ1) is 7.99. The molecule has 0 bridgehead atoms. The summed E-state index contributed by atoms with van der Waals surface area (Å²) < 4.78 is 0.745. The van der Waals surface area contributed by atoms with Gasteiger partial charge in [0.1, 0.15) is 5.37 Å². The van der Waals surface area contributed by atoms with Gasteiger partial charge in [-0.25, -0.2) is 4.79 Å². The summed E-state index contributed by atoms with van der Waals surface area (Å²) >= 11 is 2.95. The van der Waals surface area contributed by atoms with E-state index >= 15 is 0 Å². The van der Waals surface area contributed by atoms with E-state index in [1.54, 1.807) is 0 Å². The van der Waals surface area contributed by atoms with Crippen molar-refractivity contribution in [2.45, 2.75) is 26.1 Å². The summed E-state index contributed by atoms with van der Waals surface area (Å²) in [6.07, 6.45) is 0. The van der Waals surface area contributed by atoms with Gasteiger partial charge in [0.2, 0.25) is 0 Å². The highest BCUT2D eigenvalue weighted by atomic mass is 32.2. The molecule has 6 heteroatoms. The summed E-state index contributed by atoms with van der Waals surface area (Å²) in [6, 6.07) is 0. The molecule has 0 aromatic rings. The molecule has 17 heavy (non-hydrogen) atoms. The number of thioether (sulfide) groups is 2. The van der Waals surface area contributed by atoms with Crippen LogP contribution in [0.3, 0.4) is 0 Å². The van der Waals surface area contributed by atoms with E-state index in [9.17, 15) is 14.7 Å². The van der Waals surface area contributed by atoms with E-state index < -0.39 is 5.97 Å². The Labute approximate surface area is 108 Å². The smallest absolute Gasteiger partial charge is 0.354 e. The Hall–Kier alpha value is -0.880. The van der Waals surface area contributed by atoms with Crippen molar-refractivity contribution in [2.75, 3.05) is 5.75 Å². The van der Waals surface area contributed by atoms with E-state index in [1.165, 1.54) is 28.4 Å². The van der Waals surface area contributed by atoms with E-state index in [1.807, 2.05) is 20.8 Å². The number of aliphatic carboxylic acids is 1. The summed E-state index contributed by atoms with van der Waals surface area (Å²) in [7, 11) is 0. The minimum Gasteiger partial charge on any atom is -0.477 e. The van der Waals surface area contributed by atoms with E-state index in [2.05, 4.69) is 0 Å². The molecule has 1 atom stereocenters. The molecule has 0 aromatic carbocycles. The maximum Gasteiger partial charge on any atom is 0.354 e. The fourth-order valence-electron chi connectivity index (χ4n) is 1.88. The van der Waals surface area contributed by atoms with Gasteiger partial charge in [-0.3, -0.25) is 9.69 Å². The number of hydrogen-bond donors (Lipinski definition) is 1. The molecule has 4 nitrogen and oxygen atoms in total. The van der Waals surface area contributed by atoms with Crippen LogP contribution >= 0.6 is 23.5 Å². The fraction of sp³-hybridized carbons (Fsp3) is 0.455. The number of allylic oxidation sites excluding steroid dienone is 1. The van der Waals surface area contributed by atoms with Crippen molar-refractivity contribution in [3.8, 4) is 0 Å². The van der Waals surface area contributed by atoms with Gasteiger partial charge in [-0.1, -0.05) is 24.3 Å². The van der Waals surface area contributed by atoms with Crippen LogP contribution in [-0.2, 0) is 9.59 Å². The number of hydrogen-bond acceptors (Lipinski definition) is 4. The minimum absolute atomic E-state index is 0.118. The van der Waals surface area contributed by atoms with Crippen LogP contribution in [0.1, 0.15) is 20.8 Å². The van der Waals surface area contributed by atoms with E-state index in [0.29, 0.717) is 0 Å². The highest BCUT2D eigenvalue weighted by Gasteiger charge is 2.52. The number of β-lactam (4-membered cyclic amide) rings is 1. The van der Waals surface area contributed by atoms with Crippen molar-refractivity contribution < 1.29 is 14.7 Å². The number of carbonyl (C=O) groups is 2. The van der Waals surface area contributed by atoms with Crippen molar-refractivity contribution in [2.24, 2.45) is 0 Å². The van der Waals surface area contributed by atoms with Crippen LogP contribution in [-0.4, -0.2) is 33.0 Å². The van der Waals surface area contributed by atoms with E-state index in [4.69, 9.17) is 0 Å². The fourth-order valence-corrected chi connectivity index (χ4v) is 4.62. The second-order valence-corrected chi connectivity index (χ2v) is 6.56. The molecule has 0 radical (unpaired) electrons. The Morgan fingerprint density at radius 3 is 2.65 bits per heavy atom. The summed E-state index contributed by atoms with van der Waals surface area (Å²) in [4.78, 5) is 24.5. The number of carboxylic acid groups (broad SMARTS) is 1. The Morgan fingerprint density at radius 1 is 1.53 bits per heavy atom. The molecule has 2 rings (SSSR count). The molecular weight excluding hydrogens is 258 g/mol. The summed E-state index contributed by atoms with van der Waals surface area (Å²) in [5.74, 6) is -0.374. The molecule has 0 spiro atoms. The van der Waals surface area contributed by atoms with Gasteiger partial charge in [-0.05, 0) is 19.6 Å². The number of rotatable bonds is 3. The topological polar surface area (TPSA) is 57.6 Å². The Morgan fingerprint density at radius 2 is 2.18 bits per heavy atom. The second-order valence-electron chi connectivity index (χ2n) is 3.93. The zero-order valence-corrected chi connectivity index (χ0v) is 11.4. The summed E-state index contributed by atoms with van der Waals surface area (Å²) in [5, 5.41) is 9.06. The Kier molecular flexibility index (Phi) is 3.27. The van der Waals surface area contributed by atoms with Gasteiger partial charge in [0.15, 0.2) is 5.70 Å². The lowest BCUT2D eigenvalue weighted by atomic mass is 10.0. The average molecular weight is 271 g/mol. The average Bonchev–Trinajstić information content (AvgIpc) is 2.53. The second kappa shape index (κ2) is 4.42. The SMILES string of the molecule is CCSC1=C(C(=O)O)N2C(=O)C(=C(C)C)[C@@H]2S1. The van der Waals surface area contributed by atoms with Crippen LogP contribution in [0.5, 0.6) is 0 Å². The lowest BCUT2D eigenvalue weighted by Crippen LogP contribution is -2.51. The Bertz CT molecular complexity index is 463. The first kappa shape index (κ1) is 12.6. The van der Waals surface area contributed by atoms with Gasteiger partial charge in [-0.2, -0.15) is 0 Å². The largest absolute Gasteiger partial charge is 0.477 e. The van der Waals surface area contributed by atoms with E-state index in [0.717, 1.165) is 21.1 Å². The third-order valence-electron chi connectivity index (χ3n) is 2.60. The highest BCUT2D eigenvalue weighted by molar-refractivity contribution is 8.22. The maximum absolute atomic E-state index is 11.9. The first-order valence-electron chi connectivity index (χ1n) is 5.27. The molecule has 0 saturated carbocycles. The van der Waals surface area contributed by atoms with Crippen molar-refractivity contribution in [3.05, 3.63) is 21.1 Å². The molecule has 0 aliphatic carbocycles. The molecule has 0 unspecified atom stereocenters. The minimum atomic E-state index is -1.02. The number of amides is 1. The van der Waals surface area contributed by atoms with Gasteiger partial charge in [0.05, 0.1) is 4.24 Å². The van der Waals surface area contributed by atoms with Gasteiger partial charge >= 0.3 is 5.97 Å². The number of nitrogens with zero attached hydrogens (tertiary/aromatic N) is 1. The first-order valence-corrected chi connectivity index (χ1v) is 7.13. The van der Waals surface area contributed by atoms with Crippen LogP contribution < -0.4 is 0 Å². The van der Waals surface area contributed by atoms with Crippen molar-refractivity contribution in [1.29, 1.82) is 0 Å². The van der Waals surface area contributed by atoms with Crippen LogP contribution in [0.2, 0.25) is 0 Å². The molecular formula is C11H13NO3S2. The number of fused-ring (bicyclic) bond motifs is 1. The quantitative estimate of drug-likeness (QED) is 0.630. The highest BCUT2D eigenvalue weighted by Crippen LogP contribution is 2.53. The zero-order valence-electron chi connectivity index (χ0n) is 9.81. The van der Waals surface area contributed by atoms with Crippen LogP contribution in [0, 0.1) is 0 Å². The summed E-state index contributed by atoms with van der Waals surface area (Å²) in [6.45, 7) is 5.74. The van der Waals surface area contributed by atoms with Gasteiger partial charge in [-0.15, -0.1) is 11.8 Å². The predicted molar refractivity (Wildman–Crippen MR) is 69.4 cm³/mol. The normalized spacial score (nSPS) is 22.8. The predicted octanol–water partition coefficient (Wildman–Crippen LogP) is 2.24. The molecule has 2 aliphatic rings. The van der Waals surface area contributed by atoms with Crippen LogP contribution in [0.15, 0.2) is 21.1 Å². The van der Waals surface area contributed by atoms with E-state index in [-0.39, 0.29) is 17.0 Å². The van der Waals surface area contributed by atoms with Crippen molar-refractivity contribution >= 4 is 35.4 Å². The number of carboxylic acids is 1. The molecule has 1 fully saturated rings. The third kappa shape index (κ3) is 1.79. The molecule has 1 amide bonds. The maximum atomic E-state index is 11.9. The van der Waals surface area contributed by atoms with Crippen LogP contribution in [0.25, 0.3) is 0 Å². The lowest BCUT2D eigenvalue weighted by molar-refractivity contribution is -0.141. The number of carbonyl (C=O) groups excluding carboxylic acids is 1. The molecule has 1 N–H and O–H groups in total. The van der Waals surface area contributed by atoms with Gasteiger partial charge in [0.25, 0.3) is 5.91 Å². The van der Waals surface area contributed by atoms with Crippen molar-refractivity contribution in [1.82, 2.24) is 4.90 Å². The Balaban J connectivity index is 2.36. The zero-order chi connectivity index (χ0) is 12.7. The van der Waals surface area contributed by atoms with Gasteiger partial charge in [0, 0.05) is 5.57 Å². The third-order valence-corrected chi connectivity index (χ3v) is 5.06. The molecule has 92 valence electrons. The molecule has 0 aromatic heterocycles. The lowest BCUT2D eigenvalue weighted by Gasteiger charge is -2.37. The van der Waals surface area contributed by atoms with Gasteiger partial charge < -0.3 is 5.11 Å².